The SMILES string of the molecule is C=CC[C@]1(c2ccc(F)cc2)CCN([C@@H](C)c2ccc(-c3cncc(C)c3)cc2)C(=O)O1. The summed E-state index contributed by atoms with van der Waals surface area (Å²) in [6, 6.07) is 16.3. The van der Waals surface area contributed by atoms with Crippen molar-refractivity contribution in [3.05, 3.63) is 102 Å². The molecule has 0 radical (unpaired) electrons. The van der Waals surface area contributed by atoms with E-state index < -0.39 is 5.60 Å². The lowest BCUT2D eigenvalue weighted by atomic mass is 9.85. The lowest BCUT2D eigenvalue weighted by Crippen LogP contribution is -2.48. The van der Waals surface area contributed by atoms with E-state index in [2.05, 4.69) is 29.8 Å². The largest absolute Gasteiger partial charge is 0.437 e. The first-order chi connectivity index (χ1) is 15.4. The zero-order valence-electron chi connectivity index (χ0n) is 18.4. The van der Waals surface area contributed by atoms with Gasteiger partial charge in [0, 0.05) is 37.3 Å². The molecule has 0 saturated carbocycles. The number of aromatic nitrogens is 1. The predicted octanol–water partition coefficient (Wildman–Crippen LogP) is 6.57. The molecule has 1 amide bonds. The molecule has 0 aliphatic carbocycles. The number of rotatable bonds is 6. The topological polar surface area (TPSA) is 42.4 Å². The van der Waals surface area contributed by atoms with Crippen molar-refractivity contribution in [1.82, 2.24) is 9.88 Å². The molecular weight excluding hydrogens is 403 g/mol. The van der Waals surface area contributed by atoms with Crippen molar-refractivity contribution in [1.29, 1.82) is 0 Å². The lowest BCUT2D eigenvalue weighted by Gasteiger charge is -2.43. The van der Waals surface area contributed by atoms with Crippen LogP contribution in [-0.4, -0.2) is 22.5 Å². The van der Waals surface area contributed by atoms with Gasteiger partial charge >= 0.3 is 6.09 Å². The molecule has 1 saturated heterocycles. The highest BCUT2D eigenvalue weighted by Gasteiger charge is 2.42. The van der Waals surface area contributed by atoms with E-state index in [1.807, 2.05) is 38.4 Å². The third-order valence-corrected chi connectivity index (χ3v) is 6.19. The molecule has 0 unspecified atom stereocenters. The molecule has 32 heavy (non-hydrogen) atoms. The molecule has 3 aromatic rings. The molecule has 0 spiro atoms. The summed E-state index contributed by atoms with van der Waals surface area (Å²) in [5.74, 6) is -0.315. The van der Waals surface area contributed by atoms with E-state index in [4.69, 9.17) is 4.74 Å². The van der Waals surface area contributed by atoms with Crippen LogP contribution in [0.5, 0.6) is 0 Å². The van der Waals surface area contributed by atoms with Gasteiger partial charge in [-0.15, -0.1) is 6.58 Å². The summed E-state index contributed by atoms with van der Waals surface area (Å²) in [5, 5.41) is 0. The molecule has 2 atom stereocenters. The van der Waals surface area contributed by atoms with Gasteiger partial charge in [-0.05, 0) is 54.3 Å². The van der Waals surface area contributed by atoms with Crippen molar-refractivity contribution < 1.29 is 13.9 Å². The van der Waals surface area contributed by atoms with Crippen LogP contribution in [0.4, 0.5) is 9.18 Å². The van der Waals surface area contributed by atoms with Gasteiger partial charge in [-0.25, -0.2) is 9.18 Å². The third-order valence-electron chi connectivity index (χ3n) is 6.19. The van der Waals surface area contributed by atoms with Gasteiger partial charge in [-0.1, -0.05) is 42.5 Å². The number of cyclic esters (lactones) is 1. The normalized spacial score (nSPS) is 19.3. The summed E-state index contributed by atoms with van der Waals surface area (Å²) in [4.78, 5) is 19.1. The first kappa shape index (κ1) is 21.8. The van der Waals surface area contributed by atoms with Gasteiger partial charge in [0.05, 0.1) is 6.04 Å². The maximum absolute atomic E-state index is 13.4. The standard InChI is InChI=1S/C27H27FN2O2/c1-4-13-27(24-9-11-25(28)12-10-24)14-15-30(26(31)32-27)20(3)21-5-7-22(8-6-21)23-16-19(2)17-29-18-23/h4-12,16-18,20H,1,13-15H2,2-3H3/t20-,27+/m0/s1. The lowest BCUT2D eigenvalue weighted by molar-refractivity contribution is -0.0588. The first-order valence-electron chi connectivity index (χ1n) is 10.8. The predicted molar refractivity (Wildman–Crippen MR) is 124 cm³/mol. The highest BCUT2D eigenvalue weighted by atomic mass is 19.1. The summed E-state index contributed by atoms with van der Waals surface area (Å²) in [6.45, 7) is 8.39. The van der Waals surface area contributed by atoms with Gasteiger partial charge in [0.1, 0.15) is 11.4 Å². The van der Waals surface area contributed by atoms with Gasteiger partial charge in [0.25, 0.3) is 0 Å². The summed E-state index contributed by atoms with van der Waals surface area (Å²) >= 11 is 0. The minimum absolute atomic E-state index is 0.137. The monoisotopic (exact) mass is 430 g/mol. The number of ether oxygens (including phenoxy) is 1. The molecule has 4 nitrogen and oxygen atoms in total. The van der Waals surface area contributed by atoms with Gasteiger partial charge in [0.15, 0.2) is 0 Å². The van der Waals surface area contributed by atoms with Crippen LogP contribution >= 0.6 is 0 Å². The van der Waals surface area contributed by atoms with E-state index in [9.17, 15) is 9.18 Å². The Kier molecular flexibility index (Phi) is 6.08. The Labute approximate surface area is 188 Å². The molecule has 1 aliphatic heterocycles. The van der Waals surface area contributed by atoms with Crippen molar-refractivity contribution in [3.8, 4) is 11.1 Å². The van der Waals surface area contributed by atoms with Crippen LogP contribution in [0.25, 0.3) is 11.1 Å². The van der Waals surface area contributed by atoms with Crippen LogP contribution in [-0.2, 0) is 10.3 Å². The Morgan fingerprint density at radius 3 is 2.50 bits per heavy atom. The minimum atomic E-state index is -0.815. The van der Waals surface area contributed by atoms with Crippen molar-refractivity contribution in [2.24, 2.45) is 0 Å². The van der Waals surface area contributed by atoms with E-state index in [0.29, 0.717) is 19.4 Å². The van der Waals surface area contributed by atoms with E-state index in [1.165, 1.54) is 12.1 Å². The number of halogens is 1. The van der Waals surface area contributed by atoms with E-state index in [-0.39, 0.29) is 18.0 Å². The zero-order valence-corrected chi connectivity index (χ0v) is 18.4. The molecule has 4 rings (SSSR count). The van der Waals surface area contributed by atoms with Crippen LogP contribution in [0, 0.1) is 12.7 Å². The maximum atomic E-state index is 13.4. The second-order valence-corrected chi connectivity index (χ2v) is 8.35. The third kappa shape index (κ3) is 4.28. The average Bonchev–Trinajstić information content (AvgIpc) is 2.79. The minimum Gasteiger partial charge on any atom is -0.437 e. The number of nitrogens with zero attached hydrogens (tertiary/aromatic N) is 2. The van der Waals surface area contributed by atoms with Crippen molar-refractivity contribution in [2.75, 3.05) is 6.54 Å². The molecule has 1 aromatic heterocycles. The van der Waals surface area contributed by atoms with Crippen LogP contribution in [0.3, 0.4) is 0 Å². The fourth-order valence-electron chi connectivity index (χ4n) is 4.32. The molecular formula is C27H27FN2O2. The first-order valence-corrected chi connectivity index (χ1v) is 10.8. The zero-order chi connectivity index (χ0) is 22.7. The molecule has 2 heterocycles. The average molecular weight is 431 g/mol. The van der Waals surface area contributed by atoms with Gasteiger partial charge in [-0.2, -0.15) is 0 Å². The Morgan fingerprint density at radius 1 is 1.16 bits per heavy atom. The molecule has 2 aromatic carbocycles. The fourth-order valence-corrected chi connectivity index (χ4v) is 4.32. The molecule has 0 N–H and O–H groups in total. The Bertz CT molecular complexity index is 1110. The number of aryl methyl sites for hydroxylation is 1. The second-order valence-electron chi connectivity index (χ2n) is 8.35. The highest BCUT2D eigenvalue weighted by Crippen LogP contribution is 2.40. The van der Waals surface area contributed by atoms with Crippen LogP contribution in [0.2, 0.25) is 0 Å². The number of carbonyl (C=O) groups is 1. The number of hydrogen-bond donors (Lipinski definition) is 0. The summed E-state index contributed by atoms with van der Waals surface area (Å²) in [6.07, 6.45) is 6.14. The summed E-state index contributed by atoms with van der Waals surface area (Å²) < 4.78 is 19.4. The fraction of sp³-hybridized carbons (Fsp3) is 0.259. The van der Waals surface area contributed by atoms with E-state index in [1.54, 1.807) is 23.1 Å². The number of benzene rings is 2. The maximum Gasteiger partial charge on any atom is 0.411 e. The van der Waals surface area contributed by atoms with Crippen LogP contribution in [0.1, 0.15) is 42.5 Å². The second kappa shape index (κ2) is 8.95. The number of hydrogen-bond acceptors (Lipinski definition) is 3. The van der Waals surface area contributed by atoms with E-state index >= 15 is 0 Å². The smallest absolute Gasteiger partial charge is 0.411 e. The molecule has 1 aliphatic rings. The van der Waals surface area contributed by atoms with Crippen molar-refractivity contribution >= 4 is 6.09 Å². The highest BCUT2D eigenvalue weighted by molar-refractivity contribution is 5.70. The number of amides is 1. The summed E-state index contributed by atoms with van der Waals surface area (Å²) in [5.41, 5.74) is 4.26. The van der Waals surface area contributed by atoms with Gasteiger partial charge in [-0.3, -0.25) is 4.98 Å². The van der Waals surface area contributed by atoms with Gasteiger partial charge < -0.3 is 9.64 Å². The summed E-state index contributed by atoms with van der Waals surface area (Å²) in [7, 11) is 0. The number of pyridine rings is 1. The van der Waals surface area contributed by atoms with E-state index in [0.717, 1.165) is 27.8 Å². The molecule has 1 fully saturated rings. The van der Waals surface area contributed by atoms with Crippen LogP contribution < -0.4 is 0 Å². The molecule has 0 bridgehead atoms. The van der Waals surface area contributed by atoms with Crippen molar-refractivity contribution in [3.63, 3.8) is 0 Å². The number of carbonyl (C=O) groups excluding carboxylic acids is 1. The Morgan fingerprint density at radius 2 is 1.88 bits per heavy atom. The molecule has 5 heteroatoms. The van der Waals surface area contributed by atoms with Crippen LogP contribution in [0.15, 0.2) is 79.6 Å². The molecule has 164 valence electrons. The Balaban J connectivity index is 1.52. The Hall–Kier alpha value is -3.47. The quantitative estimate of drug-likeness (QED) is 0.415. The van der Waals surface area contributed by atoms with Gasteiger partial charge in [0.2, 0.25) is 0 Å². The van der Waals surface area contributed by atoms with Crippen molar-refractivity contribution in [2.45, 2.75) is 38.3 Å².